The maximum atomic E-state index is 13.5. The predicted molar refractivity (Wildman–Crippen MR) is 91.2 cm³/mol. The van der Waals surface area contributed by atoms with E-state index in [1.165, 1.54) is 14.2 Å². The van der Waals surface area contributed by atoms with Crippen LogP contribution >= 0.6 is 0 Å². The van der Waals surface area contributed by atoms with Gasteiger partial charge in [0.05, 0.1) is 14.2 Å². The van der Waals surface area contributed by atoms with E-state index in [4.69, 9.17) is 9.47 Å². The molecule has 0 aliphatic rings. The number of rotatable bonds is 6. The molecule has 8 heteroatoms. The second-order valence-corrected chi connectivity index (χ2v) is 5.25. The van der Waals surface area contributed by atoms with E-state index >= 15 is 0 Å². The summed E-state index contributed by atoms with van der Waals surface area (Å²) >= 11 is 0. The van der Waals surface area contributed by atoms with Crippen LogP contribution < -0.4 is 20.1 Å². The van der Waals surface area contributed by atoms with Gasteiger partial charge in [0.1, 0.15) is 17.3 Å². The minimum absolute atomic E-state index is 0.154. The van der Waals surface area contributed by atoms with Crippen LogP contribution in [0.5, 0.6) is 11.5 Å². The molecule has 0 radical (unpaired) electrons. The monoisotopic (exact) mass is 364 g/mol. The van der Waals surface area contributed by atoms with E-state index in [1.807, 2.05) is 5.32 Å². The molecule has 0 unspecified atom stereocenters. The molecule has 2 amide bonds. The van der Waals surface area contributed by atoms with Crippen molar-refractivity contribution >= 4 is 17.5 Å². The first-order valence-corrected chi connectivity index (χ1v) is 7.70. The maximum absolute atomic E-state index is 13.5. The van der Waals surface area contributed by atoms with Crippen molar-refractivity contribution in [1.82, 2.24) is 5.32 Å². The number of amides is 2. The van der Waals surface area contributed by atoms with Crippen LogP contribution in [0.2, 0.25) is 0 Å². The van der Waals surface area contributed by atoms with Gasteiger partial charge in [0, 0.05) is 6.54 Å². The normalized spacial score (nSPS) is 10.2. The lowest BCUT2D eigenvalue weighted by atomic mass is 10.1. The zero-order valence-corrected chi connectivity index (χ0v) is 14.3. The maximum Gasteiger partial charge on any atom is 0.313 e. The molecule has 0 aromatic heterocycles. The fraction of sp³-hybridized carbons (Fsp3) is 0.222. The van der Waals surface area contributed by atoms with Crippen LogP contribution in [-0.2, 0) is 16.0 Å². The van der Waals surface area contributed by atoms with Crippen molar-refractivity contribution in [3.63, 3.8) is 0 Å². The van der Waals surface area contributed by atoms with Crippen molar-refractivity contribution in [1.29, 1.82) is 0 Å². The number of carbonyl (C=O) groups is 2. The molecule has 2 aromatic rings. The number of ether oxygens (including phenoxy) is 2. The van der Waals surface area contributed by atoms with Crippen LogP contribution in [0.15, 0.2) is 36.4 Å². The van der Waals surface area contributed by atoms with E-state index in [2.05, 4.69) is 5.32 Å². The van der Waals surface area contributed by atoms with E-state index in [0.717, 1.165) is 23.8 Å². The van der Waals surface area contributed by atoms with Crippen molar-refractivity contribution in [2.45, 2.75) is 6.42 Å². The third-order valence-electron chi connectivity index (χ3n) is 3.55. The number of para-hydroxylation sites is 1. The molecule has 2 rings (SSSR count). The van der Waals surface area contributed by atoms with Gasteiger partial charge in [-0.1, -0.05) is 12.1 Å². The third kappa shape index (κ3) is 4.69. The quantitative estimate of drug-likeness (QED) is 0.771. The Morgan fingerprint density at radius 2 is 1.62 bits per heavy atom. The summed E-state index contributed by atoms with van der Waals surface area (Å²) in [5.74, 6) is -2.95. The van der Waals surface area contributed by atoms with Gasteiger partial charge in [-0.05, 0) is 36.2 Å². The minimum Gasteiger partial charge on any atom is -0.493 e. The zero-order chi connectivity index (χ0) is 19.1. The summed E-state index contributed by atoms with van der Waals surface area (Å²) < 4.78 is 37.3. The number of nitrogens with one attached hydrogen (secondary N) is 2. The summed E-state index contributed by atoms with van der Waals surface area (Å²) in [6.07, 6.45) is 0.424. The first-order chi connectivity index (χ1) is 12.5. The molecular weight excluding hydrogens is 346 g/mol. The van der Waals surface area contributed by atoms with Gasteiger partial charge in [-0.2, -0.15) is 0 Å². The van der Waals surface area contributed by atoms with Gasteiger partial charge in [-0.3, -0.25) is 9.59 Å². The number of benzene rings is 2. The lowest BCUT2D eigenvalue weighted by Gasteiger charge is -2.10. The number of anilines is 1. The van der Waals surface area contributed by atoms with Crippen LogP contribution in [-0.4, -0.2) is 32.6 Å². The number of hydrogen-bond donors (Lipinski definition) is 2. The summed E-state index contributed by atoms with van der Waals surface area (Å²) in [6, 6.07) is 8.39. The summed E-state index contributed by atoms with van der Waals surface area (Å²) in [7, 11) is 3.03. The molecule has 2 aromatic carbocycles. The topological polar surface area (TPSA) is 76.7 Å². The van der Waals surface area contributed by atoms with Gasteiger partial charge in [0.2, 0.25) is 0 Å². The van der Waals surface area contributed by atoms with Gasteiger partial charge in [0.15, 0.2) is 11.5 Å². The highest BCUT2D eigenvalue weighted by atomic mass is 19.1. The minimum atomic E-state index is -1.15. The Kier molecular flexibility index (Phi) is 6.48. The first kappa shape index (κ1) is 19.2. The summed E-state index contributed by atoms with van der Waals surface area (Å²) in [5, 5.41) is 4.31. The average molecular weight is 364 g/mol. The molecule has 2 N–H and O–H groups in total. The van der Waals surface area contributed by atoms with Gasteiger partial charge in [-0.15, -0.1) is 0 Å². The highest BCUT2D eigenvalue weighted by molar-refractivity contribution is 6.39. The van der Waals surface area contributed by atoms with Crippen molar-refractivity contribution in [3.8, 4) is 11.5 Å². The smallest absolute Gasteiger partial charge is 0.313 e. The fourth-order valence-electron chi connectivity index (χ4n) is 2.22. The van der Waals surface area contributed by atoms with Gasteiger partial charge < -0.3 is 20.1 Å². The van der Waals surface area contributed by atoms with E-state index in [-0.39, 0.29) is 6.54 Å². The van der Waals surface area contributed by atoms with Gasteiger partial charge >= 0.3 is 11.8 Å². The highest BCUT2D eigenvalue weighted by Gasteiger charge is 2.17. The lowest BCUT2D eigenvalue weighted by molar-refractivity contribution is -0.136. The van der Waals surface area contributed by atoms with Crippen molar-refractivity contribution in [2.75, 3.05) is 26.1 Å². The van der Waals surface area contributed by atoms with E-state index in [1.54, 1.807) is 18.2 Å². The van der Waals surface area contributed by atoms with E-state index in [9.17, 15) is 18.4 Å². The number of hydrogen-bond acceptors (Lipinski definition) is 4. The Hall–Kier alpha value is -3.16. The molecule has 138 valence electrons. The Bertz CT molecular complexity index is 792. The third-order valence-corrected chi connectivity index (χ3v) is 3.55. The molecule has 0 aliphatic carbocycles. The molecule has 0 bridgehead atoms. The molecule has 0 fully saturated rings. The molecular formula is C18H18F2N2O4. The molecule has 0 heterocycles. The molecule has 0 aliphatic heterocycles. The van der Waals surface area contributed by atoms with Crippen molar-refractivity contribution in [3.05, 3.63) is 53.6 Å². The van der Waals surface area contributed by atoms with E-state index in [0.29, 0.717) is 17.9 Å². The number of methoxy groups -OCH3 is 2. The summed E-state index contributed by atoms with van der Waals surface area (Å²) in [4.78, 5) is 23.5. The molecule has 26 heavy (non-hydrogen) atoms. The molecule has 0 atom stereocenters. The fourth-order valence-corrected chi connectivity index (χ4v) is 2.22. The Morgan fingerprint density at radius 3 is 2.23 bits per heavy atom. The van der Waals surface area contributed by atoms with Gasteiger partial charge in [-0.25, -0.2) is 8.78 Å². The van der Waals surface area contributed by atoms with E-state index < -0.39 is 29.1 Å². The number of carbonyl (C=O) groups excluding carboxylic acids is 2. The van der Waals surface area contributed by atoms with Crippen LogP contribution in [0.25, 0.3) is 0 Å². The van der Waals surface area contributed by atoms with Crippen molar-refractivity contribution < 1.29 is 27.8 Å². The van der Waals surface area contributed by atoms with Crippen LogP contribution in [0.4, 0.5) is 14.5 Å². The molecule has 0 saturated heterocycles. The van der Waals surface area contributed by atoms with Crippen LogP contribution in [0.3, 0.4) is 0 Å². The standard InChI is InChI=1S/C18H18F2N2O4/c1-25-14-7-6-11(10-15(14)26-2)8-9-21-17(23)18(24)22-16-12(19)4-3-5-13(16)20/h3-7,10H,8-9H2,1-2H3,(H,21,23)(H,22,24). The van der Waals surface area contributed by atoms with Crippen LogP contribution in [0, 0.1) is 11.6 Å². The van der Waals surface area contributed by atoms with Gasteiger partial charge in [0.25, 0.3) is 0 Å². The Labute approximate surface area is 149 Å². The predicted octanol–water partition coefficient (Wildman–Crippen LogP) is 2.28. The second-order valence-electron chi connectivity index (χ2n) is 5.25. The Balaban J connectivity index is 1.89. The van der Waals surface area contributed by atoms with Crippen LogP contribution in [0.1, 0.15) is 5.56 Å². The first-order valence-electron chi connectivity index (χ1n) is 7.70. The lowest BCUT2D eigenvalue weighted by Crippen LogP contribution is -2.36. The number of halogens is 2. The average Bonchev–Trinajstić information content (AvgIpc) is 2.64. The molecule has 0 saturated carbocycles. The SMILES string of the molecule is COc1ccc(CCNC(=O)C(=O)Nc2c(F)cccc2F)cc1OC. The summed E-state index contributed by atoms with van der Waals surface area (Å²) in [5.41, 5.74) is 0.191. The zero-order valence-electron chi connectivity index (χ0n) is 14.3. The Morgan fingerprint density at radius 1 is 0.962 bits per heavy atom. The largest absolute Gasteiger partial charge is 0.493 e. The highest BCUT2D eigenvalue weighted by Crippen LogP contribution is 2.27. The summed E-state index contributed by atoms with van der Waals surface area (Å²) in [6.45, 7) is 0.154. The van der Waals surface area contributed by atoms with Crippen molar-refractivity contribution in [2.24, 2.45) is 0 Å². The second kappa shape index (κ2) is 8.80. The molecule has 0 spiro atoms. The molecule has 6 nitrogen and oxygen atoms in total.